The zero-order valence-corrected chi connectivity index (χ0v) is 10.4. The lowest BCUT2D eigenvalue weighted by atomic mass is 10.2. The standard InChI is InChI=1S/C13H14N4O2/c18-12(15-8-10-2-4-14-5-3-10)11-9-16-17-6-1-7-19-13(11)17/h2-5,9H,1,6-8H2,(H,15,18). The summed E-state index contributed by atoms with van der Waals surface area (Å²) in [5.74, 6) is 0.401. The van der Waals surface area contributed by atoms with Crippen molar-refractivity contribution in [3.05, 3.63) is 41.9 Å². The van der Waals surface area contributed by atoms with E-state index in [4.69, 9.17) is 4.74 Å². The van der Waals surface area contributed by atoms with Gasteiger partial charge in [0.25, 0.3) is 5.91 Å². The second-order valence-corrected chi connectivity index (χ2v) is 4.33. The first-order valence-electron chi connectivity index (χ1n) is 6.20. The second kappa shape index (κ2) is 5.09. The Morgan fingerprint density at radius 3 is 3.11 bits per heavy atom. The quantitative estimate of drug-likeness (QED) is 0.891. The summed E-state index contributed by atoms with van der Waals surface area (Å²) in [5, 5.41) is 7.01. The van der Waals surface area contributed by atoms with Gasteiger partial charge in [-0.3, -0.25) is 9.78 Å². The Bertz CT molecular complexity index is 580. The molecule has 0 radical (unpaired) electrons. The van der Waals surface area contributed by atoms with Crippen molar-refractivity contribution in [1.29, 1.82) is 0 Å². The fourth-order valence-electron chi connectivity index (χ4n) is 2.00. The molecule has 2 aromatic rings. The zero-order valence-electron chi connectivity index (χ0n) is 10.4. The van der Waals surface area contributed by atoms with Crippen molar-refractivity contribution < 1.29 is 9.53 Å². The number of rotatable bonds is 3. The number of aromatic nitrogens is 3. The third-order valence-electron chi connectivity index (χ3n) is 2.99. The number of aryl methyl sites for hydroxylation is 1. The number of hydrogen-bond acceptors (Lipinski definition) is 4. The minimum absolute atomic E-state index is 0.167. The lowest BCUT2D eigenvalue weighted by molar-refractivity contribution is 0.0944. The number of hydrogen-bond donors (Lipinski definition) is 1. The summed E-state index contributed by atoms with van der Waals surface area (Å²) in [4.78, 5) is 16.0. The number of fused-ring (bicyclic) bond motifs is 1. The van der Waals surface area contributed by atoms with Gasteiger partial charge in [0.15, 0.2) is 0 Å². The Morgan fingerprint density at radius 1 is 1.42 bits per heavy atom. The molecule has 0 fully saturated rings. The molecule has 0 spiro atoms. The number of carbonyl (C=O) groups excluding carboxylic acids is 1. The molecular formula is C13H14N4O2. The Kier molecular flexibility index (Phi) is 3.14. The van der Waals surface area contributed by atoms with E-state index in [-0.39, 0.29) is 5.91 Å². The summed E-state index contributed by atoms with van der Waals surface area (Å²) in [6.45, 7) is 1.90. The number of carbonyl (C=O) groups is 1. The predicted octanol–water partition coefficient (Wildman–Crippen LogP) is 0.991. The molecule has 0 bridgehead atoms. The SMILES string of the molecule is O=C(NCc1ccncc1)c1cnn2c1OCCC2. The van der Waals surface area contributed by atoms with Crippen LogP contribution in [0.4, 0.5) is 0 Å². The maximum atomic E-state index is 12.1. The third kappa shape index (κ3) is 2.42. The Hall–Kier alpha value is -2.37. The summed E-state index contributed by atoms with van der Waals surface area (Å²) in [6.07, 6.45) is 5.88. The van der Waals surface area contributed by atoms with E-state index >= 15 is 0 Å². The molecule has 3 rings (SSSR count). The van der Waals surface area contributed by atoms with E-state index in [1.54, 1.807) is 23.3 Å². The van der Waals surface area contributed by atoms with Gasteiger partial charge < -0.3 is 10.1 Å². The number of nitrogens with zero attached hydrogens (tertiary/aromatic N) is 3. The number of amides is 1. The number of pyridine rings is 1. The summed E-state index contributed by atoms with van der Waals surface area (Å²) in [6, 6.07) is 3.73. The number of ether oxygens (including phenoxy) is 1. The predicted molar refractivity (Wildman–Crippen MR) is 67.7 cm³/mol. The summed E-state index contributed by atoms with van der Waals surface area (Å²) < 4.78 is 7.22. The molecule has 0 atom stereocenters. The molecule has 3 heterocycles. The van der Waals surface area contributed by atoms with Crippen LogP contribution in [0.1, 0.15) is 22.3 Å². The average Bonchev–Trinajstić information content (AvgIpc) is 2.90. The second-order valence-electron chi connectivity index (χ2n) is 4.33. The summed E-state index contributed by atoms with van der Waals surface area (Å²) >= 11 is 0. The van der Waals surface area contributed by atoms with Crippen molar-refractivity contribution in [3.8, 4) is 5.88 Å². The molecule has 98 valence electrons. The van der Waals surface area contributed by atoms with Crippen molar-refractivity contribution in [1.82, 2.24) is 20.1 Å². The molecule has 1 aliphatic heterocycles. The van der Waals surface area contributed by atoms with Crippen LogP contribution >= 0.6 is 0 Å². The Morgan fingerprint density at radius 2 is 2.26 bits per heavy atom. The molecule has 1 N–H and O–H groups in total. The van der Waals surface area contributed by atoms with Crippen molar-refractivity contribution in [3.63, 3.8) is 0 Å². The molecule has 0 saturated carbocycles. The fourth-order valence-corrected chi connectivity index (χ4v) is 2.00. The molecule has 19 heavy (non-hydrogen) atoms. The van der Waals surface area contributed by atoms with E-state index in [2.05, 4.69) is 15.4 Å². The van der Waals surface area contributed by atoms with Crippen LogP contribution in [0.2, 0.25) is 0 Å². The Balaban J connectivity index is 1.69. The monoisotopic (exact) mass is 258 g/mol. The highest BCUT2D eigenvalue weighted by atomic mass is 16.5. The van der Waals surface area contributed by atoms with Crippen LogP contribution in [0, 0.1) is 0 Å². The smallest absolute Gasteiger partial charge is 0.258 e. The zero-order chi connectivity index (χ0) is 13.1. The van der Waals surface area contributed by atoms with Gasteiger partial charge in [-0.25, -0.2) is 4.68 Å². The minimum atomic E-state index is -0.167. The molecular weight excluding hydrogens is 244 g/mol. The maximum absolute atomic E-state index is 12.1. The molecule has 6 nitrogen and oxygen atoms in total. The highest BCUT2D eigenvalue weighted by Gasteiger charge is 2.21. The van der Waals surface area contributed by atoms with Gasteiger partial charge in [-0.2, -0.15) is 5.10 Å². The van der Waals surface area contributed by atoms with E-state index < -0.39 is 0 Å². The normalized spacial score (nSPS) is 13.5. The van der Waals surface area contributed by atoms with Crippen molar-refractivity contribution >= 4 is 5.91 Å². The maximum Gasteiger partial charge on any atom is 0.258 e. The van der Waals surface area contributed by atoms with Gasteiger partial charge in [-0.15, -0.1) is 0 Å². The van der Waals surface area contributed by atoms with E-state index in [0.717, 1.165) is 18.5 Å². The molecule has 0 aromatic carbocycles. The van der Waals surface area contributed by atoms with Crippen LogP contribution < -0.4 is 10.1 Å². The van der Waals surface area contributed by atoms with Crippen LogP contribution in [0.15, 0.2) is 30.7 Å². The van der Waals surface area contributed by atoms with Crippen molar-refractivity contribution in [2.24, 2.45) is 0 Å². The van der Waals surface area contributed by atoms with Crippen LogP contribution in [0.25, 0.3) is 0 Å². The van der Waals surface area contributed by atoms with Gasteiger partial charge >= 0.3 is 0 Å². The van der Waals surface area contributed by atoms with Crippen LogP contribution in [0.5, 0.6) is 5.88 Å². The first kappa shape index (κ1) is 11.7. The molecule has 6 heteroatoms. The molecule has 2 aromatic heterocycles. The van der Waals surface area contributed by atoms with Gasteiger partial charge in [0.1, 0.15) is 5.56 Å². The van der Waals surface area contributed by atoms with Gasteiger partial charge in [0.2, 0.25) is 5.88 Å². The molecule has 0 aliphatic carbocycles. The summed E-state index contributed by atoms with van der Waals surface area (Å²) in [7, 11) is 0. The highest BCUT2D eigenvalue weighted by Crippen LogP contribution is 2.22. The van der Waals surface area contributed by atoms with Gasteiger partial charge in [0.05, 0.1) is 12.8 Å². The van der Waals surface area contributed by atoms with Gasteiger partial charge in [0, 0.05) is 31.9 Å². The van der Waals surface area contributed by atoms with E-state index in [0.29, 0.717) is 24.6 Å². The molecule has 1 aliphatic rings. The minimum Gasteiger partial charge on any atom is -0.477 e. The van der Waals surface area contributed by atoms with Crippen molar-refractivity contribution in [2.45, 2.75) is 19.5 Å². The first-order chi connectivity index (χ1) is 9.34. The highest BCUT2D eigenvalue weighted by molar-refractivity contribution is 5.96. The van der Waals surface area contributed by atoms with Gasteiger partial charge in [-0.1, -0.05) is 0 Å². The largest absolute Gasteiger partial charge is 0.477 e. The third-order valence-corrected chi connectivity index (χ3v) is 2.99. The van der Waals surface area contributed by atoms with Crippen LogP contribution in [0.3, 0.4) is 0 Å². The Labute approximate surface area is 110 Å². The van der Waals surface area contributed by atoms with Crippen LogP contribution in [-0.2, 0) is 13.1 Å². The summed E-state index contributed by atoms with van der Waals surface area (Å²) in [5.41, 5.74) is 1.50. The fraction of sp³-hybridized carbons (Fsp3) is 0.308. The number of nitrogens with one attached hydrogen (secondary N) is 1. The van der Waals surface area contributed by atoms with Crippen LogP contribution in [-0.4, -0.2) is 27.3 Å². The van der Waals surface area contributed by atoms with E-state index in [1.165, 1.54) is 0 Å². The lowest BCUT2D eigenvalue weighted by Gasteiger charge is -2.15. The molecule has 0 saturated heterocycles. The van der Waals surface area contributed by atoms with E-state index in [9.17, 15) is 4.79 Å². The van der Waals surface area contributed by atoms with Crippen molar-refractivity contribution in [2.75, 3.05) is 6.61 Å². The molecule has 1 amide bonds. The first-order valence-corrected chi connectivity index (χ1v) is 6.20. The van der Waals surface area contributed by atoms with Gasteiger partial charge in [-0.05, 0) is 17.7 Å². The van der Waals surface area contributed by atoms with E-state index in [1.807, 2.05) is 12.1 Å². The topological polar surface area (TPSA) is 69.0 Å². The lowest BCUT2D eigenvalue weighted by Crippen LogP contribution is -2.24. The average molecular weight is 258 g/mol. The molecule has 0 unspecified atom stereocenters.